The monoisotopic (exact) mass is 313 g/mol. The predicted molar refractivity (Wildman–Crippen MR) is 70.1 cm³/mol. The van der Waals surface area contributed by atoms with Crippen molar-refractivity contribution >= 4 is 25.8 Å². The average Bonchev–Trinajstić information content (AvgIpc) is 2.28. The summed E-state index contributed by atoms with van der Waals surface area (Å²) in [5.41, 5.74) is 0. The molecule has 0 spiro atoms. The molecule has 0 aliphatic carbocycles. The molecule has 0 unspecified atom stereocenters. The number of sulfone groups is 1. The summed E-state index contributed by atoms with van der Waals surface area (Å²) in [5.74, 6) is -1.29. The van der Waals surface area contributed by atoms with E-state index in [1.807, 2.05) is 0 Å². The first-order chi connectivity index (χ1) is 8.69. The molecular weight excluding hydrogens is 294 g/mol. The van der Waals surface area contributed by atoms with E-state index in [4.69, 9.17) is 5.11 Å². The Morgan fingerprint density at radius 1 is 1.32 bits per heavy atom. The Morgan fingerprint density at radius 3 is 2.26 bits per heavy atom. The van der Waals surface area contributed by atoms with Crippen LogP contribution in [0.2, 0.25) is 0 Å². The van der Waals surface area contributed by atoms with E-state index < -0.39 is 31.1 Å². The molecule has 0 radical (unpaired) electrons. The van der Waals surface area contributed by atoms with Crippen molar-refractivity contribution in [2.45, 2.75) is 31.4 Å². The molecule has 1 aliphatic rings. The second-order valence-electron chi connectivity index (χ2n) is 4.53. The topological polar surface area (TPSA) is 109 Å². The fourth-order valence-electron chi connectivity index (χ4n) is 2.06. The van der Waals surface area contributed by atoms with Crippen LogP contribution in [0, 0.1) is 0 Å². The third-order valence-corrected chi connectivity index (χ3v) is 7.40. The molecule has 1 heterocycles. The molecule has 1 rings (SSSR count). The first kappa shape index (κ1) is 16.4. The zero-order chi connectivity index (χ0) is 14.7. The lowest BCUT2D eigenvalue weighted by Gasteiger charge is -2.28. The van der Waals surface area contributed by atoms with Crippen molar-refractivity contribution in [2.75, 3.05) is 24.6 Å². The standard InChI is InChI=1S/C10H19NO6S2/c1-2-11(6-3-10(12)13)19(16,17)9-4-7-18(14,15)8-5-9/h9H,2-8H2,1H3,(H,12,13). The summed E-state index contributed by atoms with van der Waals surface area (Å²) < 4.78 is 48.3. The highest BCUT2D eigenvalue weighted by Gasteiger charge is 2.36. The van der Waals surface area contributed by atoms with Crippen molar-refractivity contribution in [1.29, 1.82) is 0 Å². The molecule has 1 saturated heterocycles. The molecular formula is C10H19NO6S2. The van der Waals surface area contributed by atoms with Gasteiger partial charge in [0.2, 0.25) is 10.0 Å². The van der Waals surface area contributed by atoms with Crippen LogP contribution in [0.1, 0.15) is 26.2 Å². The Kier molecular flexibility index (Phi) is 5.34. The number of carboxylic acids is 1. The van der Waals surface area contributed by atoms with E-state index in [9.17, 15) is 21.6 Å². The van der Waals surface area contributed by atoms with Crippen LogP contribution in [0.3, 0.4) is 0 Å². The molecule has 19 heavy (non-hydrogen) atoms. The minimum atomic E-state index is -3.61. The van der Waals surface area contributed by atoms with E-state index in [0.29, 0.717) is 0 Å². The van der Waals surface area contributed by atoms with Crippen molar-refractivity contribution in [3.63, 3.8) is 0 Å². The maximum Gasteiger partial charge on any atom is 0.304 e. The van der Waals surface area contributed by atoms with Crippen LogP contribution in [-0.4, -0.2) is 62.1 Å². The predicted octanol–water partition coefficient (Wildman–Crippen LogP) is -0.310. The van der Waals surface area contributed by atoms with Crippen LogP contribution in [-0.2, 0) is 24.7 Å². The van der Waals surface area contributed by atoms with Crippen LogP contribution in [0.5, 0.6) is 0 Å². The molecule has 1 aliphatic heterocycles. The molecule has 0 aromatic rings. The van der Waals surface area contributed by atoms with Gasteiger partial charge in [0, 0.05) is 13.1 Å². The maximum absolute atomic E-state index is 12.3. The van der Waals surface area contributed by atoms with E-state index >= 15 is 0 Å². The highest BCUT2D eigenvalue weighted by molar-refractivity contribution is 7.92. The Balaban J connectivity index is 2.75. The Morgan fingerprint density at radius 2 is 1.84 bits per heavy atom. The summed E-state index contributed by atoms with van der Waals surface area (Å²) in [6, 6.07) is 0. The van der Waals surface area contributed by atoms with Gasteiger partial charge in [0.15, 0.2) is 0 Å². The molecule has 0 atom stereocenters. The molecule has 0 bridgehead atoms. The molecule has 7 nitrogen and oxygen atoms in total. The normalized spacial score (nSPS) is 20.5. The molecule has 1 N–H and O–H groups in total. The summed E-state index contributed by atoms with van der Waals surface area (Å²) in [6.45, 7) is 1.76. The number of nitrogens with zero attached hydrogens (tertiary/aromatic N) is 1. The first-order valence-corrected chi connectivity index (χ1v) is 9.42. The van der Waals surface area contributed by atoms with Gasteiger partial charge >= 0.3 is 5.97 Å². The number of aliphatic carboxylic acids is 1. The third-order valence-electron chi connectivity index (χ3n) is 3.21. The quantitative estimate of drug-likeness (QED) is 0.720. The maximum atomic E-state index is 12.3. The Labute approximate surface area is 113 Å². The van der Waals surface area contributed by atoms with Crippen molar-refractivity contribution in [3.8, 4) is 0 Å². The van der Waals surface area contributed by atoms with E-state index in [1.165, 1.54) is 0 Å². The fourth-order valence-corrected chi connectivity index (χ4v) is 5.81. The van der Waals surface area contributed by atoms with Crippen LogP contribution >= 0.6 is 0 Å². The summed E-state index contributed by atoms with van der Waals surface area (Å²) >= 11 is 0. The van der Waals surface area contributed by atoms with E-state index in [0.717, 1.165) is 4.31 Å². The number of carbonyl (C=O) groups is 1. The minimum Gasteiger partial charge on any atom is -0.481 e. The zero-order valence-electron chi connectivity index (χ0n) is 10.8. The van der Waals surface area contributed by atoms with Gasteiger partial charge in [-0.05, 0) is 12.8 Å². The number of hydrogen-bond donors (Lipinski definition) is 1. The van der Waals surface area contributed by atoms with E-state index in [2.05, 4.69) is 0 Å². The molecule has 1 fully saturated rings. The zero-order valence-corrected chi connectivity index (χ0v) is 12.4. The number of carboxylic acid groups (broad SMARTS) is 1. The van der Waals surface area contributed by atoms with Crippen molar-refractivity contribution in [1.82, 2.24) is 4.31 Å². The van der Waals surface area contributed by atoms with Gasteiger partial charge in [-0.25, -0.2) is 21.1 Å². The molecule has 0 amide bonds. The largest absolute Gasteiger partial charge is 0.481 e. The molecule has 0 saturated carbocycles. The molecule has 0 aromatic heterocycles. The van der Waals surface area contributed by atoms with E-state index in [-0.39, 0.29) is 43.9 Å². The van der Waals surface area contributed by atoms with Crippen LogP contribution in [0.4, 0.5) is 0 Å². The van der Waals surface area contributed by atoms with Crippen LogP contribution < -0.4 is 0 Å². The summed E-state index contributed by atoms with van der Waals surface area (Å²) in [7, 11) is -6.73. The highest BCUT2D eigenvalue weighted by Crippen LogP contribution is 2.22. The van der Waals surface area contributed by atoms with Crippen molar-refractivity contribution in [3.05, 3.63) is 0 Å². The second-order valence-corrected chi connectivity index (χ2v) is 9.05. The third kappa shape index (κ3) is 4.43. The summed E-state index contributed by atoms with van der Waals surface area (Å²) in [5, 5.41) is 7.88. The molecule has 9 heteroatoms. The minimum absolute atomic E-state index is 0.0720. The van der Waals surface area contributed by atoms with Gasteiger partial charge in [-0.3, -0.25) is 4.79 Å². The van der Waals surface area contributed by atoms with Crippen LogP contribution in [0.15, 0.2) is 0 Å². The second kappa shape index (κ2) is 6.19. The van der Waals surface area contributed by atoms with Crippen molar-refractivity contribution in [2.24, 2.45) is 0 Å². The average molecular weight is 313 g/mol. The summed E-state index contributed by atoms with van der Waals surface area (Å²) in [6.07, 6.45) is -0.0689. The van der Waals surface area contributed by atoms with E-state index in [1.54, 1.807) is 6.92 Å². The lowest BCUT2D eigenvalue weighted by molar-refractivity contribution is -0.137. The Bertz CT molecular complexity index is 510. The smallest absolute Gasteiger partial charge is 0.304 e. The molecule has 0 aromatic carbocycles. The lowest BCUT2D eigenvalue weighted by atomic mass is 10.2. The van der Waals surface area contributed by atoms with Gasteiger partial charge in [-0.1, -0.05) is 6.92 Å². The fraction of sp³-hybridized carbons (Fsp3) is 0.900. The van der Waals surface area contributed by atoms with Crippen molar-refractivity contribution < 1.29 is 26.7 Å². The van der Waals surface area contributed by atoms with Gasteiger partial charge in [0.1, 0.15) is 9.84 Å². The Hall–Kier alpha value is -0.670. The van der Waals surface area contributed by atoms with Gasteiger partial charge in [0.05, 0.1) is 23.2 Å². The number of rotatable bonds is 6. The van der Waals surface area contributed by atoms with Gasteiger partial charge in [0.25, 0.3) is 0 Å². The van der Waals surface area contributed by atoms with Gasteiger partial charge in [-0.2, -0.15) is 0 Å². The molecule has 112 valence electrons. The number of sulfonamides is 1. The number of hydrogen-bond acceptors (Lipinski definition) is 5. The van der Waals surface area contributed by atoms with Crippen LogP contribution in [0.25, 0.3) is 0 Å². The highest BCUT2D eigenvalue weighted by atomic mass is 32.2. The SMILES string of the molecule is CCN(CCC(=O)O)S(=O)(=O)C1CCS(=O)(=O)CC1. The first-order valence-electron chi connectivity index (χ1n) is 6.10. The lowest BCUT2D eigenvalue weighted by Crippen LogP contribution is -2.43. The summed E-state index contributed by atoms with van der Waals surface area (Å²) in [4.78, 5) is 10.5. The van der Waals surface area contributed by atoms with Gasteiger partial charge < -0.3 is 5.11 Å². The van der Waals surface area contributed by atoms with Gasteiger partial charge in [-0.15, -0.1) is 0 Å².